The first-order chi connectivity index (χ1) is 18.1. The van der Waals surface area contributed by atoms with Crippen LogP contribution in [0.3, 0.4) is 0 Å². The number of ether oxygens (including phenoxy) is 1. The topological polar surface area (TPSA) is 129 Å². The molecule has 0 saturated heterocycles. The van der Waals surface area contributed by atoms with Crippen molar-refractivity contribution in [1.82, 2.24) is 4.98 Å². The fraction of sp³-hybridized carbons (Fsp3) is 0.500. The number of nitriles is 1. The third-order valence-corrected chi connectivity index (χ3v) is 7.91. The Labute approximate surface area is 232 Å². The molecule has 0 bridgehead atoms. The van der Waals surface area contributed by atoms with Gasteiger partial charge in [0.25, 0.3) is 10.0 Å². The smallest absolute Gasteiger partial charge is 0.337 e. The maximum Gasteiger partial charge on any atom is 0.337 e. The number of aliphatic hydroxyl groups excluding tert-OH is 1. The van der Waals surface area contributed by atoms with Crippen molar-refractivity contribution in [3.63, 3.8) is 0 Å². The summed E-state index contributed by atoms with van der Waals surface area (Å²) in [6.45, 7) is 12.4. The molecule has 0 fully saturated rings. The molecule has 0 unspecified atom stereocenters. The standard InChI is InChI=1S/C30H39N3O5S/c1-20(2)13-30(14-21(3)4)17-26(34)25(28(35)38-30)16-29(5,6)15-22-8-7-9-24(12-22)33-39(36,37)27-11-10-23(18-31)19-32-27/h7-12,19-21,33-34H,13-17H2,1-6H3. The van der Waals surface area contributed by atoms with Crippen molar-refractivity contribution in [3.05, 3.63) is 65.1 Å². The van der Waals surface area contributed by atoms with Gasteiger partial charge in [0.2, 0.25) is 0 Å². The minimum Gasteiger partial charge on any atom is -0.512 e. The van der Waals surface area contributed by atoms with E-state index >= 15 is 0 Å². The summed E-state index contributed by atoms with van der Waals surface area (Å²) in [7, 11) is -3.94. The van der Waals surface area contributed by atoms with Crippen LogP contribution in [-0.4, -0.2) is 30.1 Å². The number of carbonyl (C=O) groups excluding carboxylic acids is 1. The highest BCUT2D eigenvalue weighted by atomic mass is 32.2. The van der Waals surface area contributed by atoms with E-state index in [9.17, 15) is 18.3 Å². The van der Waals surface area contributed by atoms with E-state index in [4.69, 9.17) is 10.00 Å². The number of hydrogen-bond acceptors (Lipinski definition) is 7. The van der Waals surface area contributed by atoms with E-state index in [1.165, 1.54) is 18.3 Å². The summed E-state index contributed by atoms with van der Waals surface area (Å²) in [4.78, 5) is 17.0. The largest absolute Gasteiger partial charge is 0.512 e. The Kier molecular flexibility index (Phi) is 9.12. The Morgan fingerprint density at radius 1 is 1.13 bits per heavy atom. The Hall–Kier alpha value is -3.38. The van der Waals surface area contributed by atoms with Gasteiger partial charge < -0.3 is 9.84 Å². The summed E-state index contributed by atoms with van der Waals surface area (Å²) < 4.78 is 34.1. The molecule has 2 N–H and O–H groups in total. The molecular weight excluding hydrogens is 514 g/mol. The van der Waals surface area contributed by atoms with Gasteiger partial charge in [-0.25, -0.2) is 9.78 Å². The van der Waals surface area contributed by atoms with Crippen molar-refractivity contribution in [2.75, 3.05) is 4.72 Å². The lowest BCUT2D eigenvalue weighted by Gasteiger charge is -2.40. The number of pyridine rings is 1. The van der Waals surface area contributed by atoms with Crippen LogP contribution in [0.15, 0.2) is 59.0 Å². The molecule has 1 aromatic heterocycles. The van der Waals surface area contributed by atoms with Crippen LogP contribution in [0.1, 0.15) is 78.4 Å². The third-order valence-electron chi connectivity index (χ3n) is 6.61. The molecule has 9 heteroatoms. The SMILES string of the molecule is CC(C)CC1(CC(C)C)CC(O)=C(CC(C)(C)Cc2cccc(NS(=O)(=O)c3ccc(C#N)cn3)c2)C(=O)O1. The lowest BCUT2D eigenvalue weighted by molar-refractivity contribution is -0.163. The minimum absolute atomic E-state index is 0.108. The van der Waals surface area contributed by atoms with E-state index in [0.29, 0.717) is 55.2 Å². The summed E-state index contributed by atoms with van der Waals surface area (Å²) in [5.74, 6) is 0.293. The van der Waals surface area contributed by atoms with Crippen LogP contribution in [0.4, 0.5) is 5.69 Å². The Morgan fingerprint density at radius 3 is 2.33 bits per heavy atom. The highest BCUT2D eigenvalue weighted by Gasteiger charge is 2.43. The molecule has 210 valence electrons. The lowest BCUT2D eigenvalue weighted by atomic mass is 9.76. The zero-order valence-electron chi connectivity index (χ0n) is 23.6. The molecule has 0 aliphatic carbocycles. The van der Waals surface area contributed by atoms with Gasteiger partial charge in [0.1, 0.15) is 17.4 Å². The van der Waals surface area contributed by atoms with Crippen molar-refractivity contribution >= 4 is 21.7 Å². The molecule has 2 heterocycles. The van der Waals surface area contributed by atoms with Crippen molar-refractivity contribution < 1.29 is 23.1 Å². The van der Waals surface area contributed by atoms with Crippen molar-refractivity contribution in [2.24, 2.45) is 17.3 Å². The normalized spacial score (nSPS) is 15.8. The fourth-order valence-corrected chi connectivity index (χ4v) is 6.43. The van der Waals surface area contributed by atoms with Gasteiger partial charge in [0.05, 0.1) is 11.1 Å². The highest BCUT2D eigenvalue weighted by molar-refractivity contribution is 7.92. The second kappa shape index (κ2) is 11.8. The van der Waals surface area contributed by atoms with Crippen LogP contribution in [0.5, 0.6) is 0 Å². The Morgan fingerprint density at radius 2 is 1.79 bits per heavy atom. The van der Waals surface area contributed by atoms with Crippen LogP contribution in [-0.2, 0) is 26.0 Å². The van der Waals surface area contributed by atoms with Crippen LogP contribution in [0.2, 0.25) is 0 Å². The molecule has 1 aliphatic rings. The summed E-state index contributed by atoms with van der Waals surface area (Å²) >= 11 is 0. The van der Waals surface area contributed by atoms with Crippen LogP contribution < -0.4 is 4.72 Å². The number of rotatable bonds is 11. The maximum absolute atomic E-state index is 13.2. The highest BCUT2D eigenvalue weighted by Crippen LogP contribution is 2.42. The molecule has 8 nitrogen and oxygen atoms in total. The van der Waals surface area contributed by atoms with E-state index in [1.54, 1.807) is 18.2 Å². The fourth-order valence-electron chi connectivity index (χ4n) is 5.45. The van der Waals surface area contributed by atoms with Crippen molar-refractivity contribution in [2.45, 2.75) is 84.3 Å². The maximum atomic E-state index is 13.2. The Bertz CT molecular complexity index is 1360. The number of hydrogen-bond donors (Lipinski definition) is 2. The van der Waals surface area contributed by atoms with Crippen LogP contribution in [0, 0.1) is 28.6 Å². The van der Waals surface area contributed by atoms with Gasteiger partial charge >= 0.3 is 5.97 Å². The molecule has 0 radical (unpaired) electrons. The second-order valence-corrected chi connectivity index (χ2v) is 13.8. The van der Waals surface area contributed by atoms with E-state index in [-0.39, 0.29) is 16.3 Å². The third kappa shape index (κ3) is 8.06. The molecule has 0 amide bonds. The van der Waals surface area contributed by atoms with Gasteiger partial charge in [-0.05, 0) is 72.8 Å². The van der Waals surface area contributed by atoms with Gasteiger partial charge in [0, 0.05) is 18.3 Å². The number of carbonyl (C=O) groups is 1. The molecular formula is C30H39N3O5S. The number of aromatic nitrogens is 1. The van der Waals surface area contributed by atoms with Crippen LogP contribution >= 0.6 is 0 Å². The van der Waals surface area contributed by atoms with Crippen molar-refractivity contribution in [1.29, 1.82) is 5.26 Å². The number of sulfonamides is 1. The molecule has 39 heavy (non-hydrogen) atoms. The zero-order valence-corrected chi connectivity index (χ0v) is 24.4. The number of esters is 1. The average Bonchev–Trinajstić information content (AvgIpc) is 2.80. The molecule has 0 saturated carbocycles. The van der Waals surface area contributed by atoms with Crippen LogP contribution in [0.25, 0.3) is 0 Å². The van der Waals surface area contributed by atoms with E-state index < -0.39 is 27.0 Å². The number of anilines is 1. The summed E-state index contributed by atoms with van der Waals surface area (Å²) in [6.07, 6.45) is 3.77. The summed E-state index contributed by atoms with van der Waals surface area (Å²) in [5, 5.41) is 19.7. The van der Waals surface area contributed by atoms with Gasteiger partial charge in [-0.2, -0.15) is 13.7 Å². The van der Waals surface area contributed by atoms with Gasteiger partial charge in [-0.1, -0.05) is 53.7 Å². The average molecular weight is 554 g/mol. The lowest BCUT2D eigenvalue weighted by Crippen LogP contribution is -2.43. The van der Waals surface area contributed by atoms with E-state index in [2.05, 4.69) is 37.4 Å². The predicted molar refractivity (Wildman–Crippen MR) is 150 cm³/mol. The number of nitrogens with one attached hydrogen (secondary N) is 1. The van der Waals surface area contributed by atoms with E-state index in [0.717, 1.165) is 5.56 Å². The molecule has 2 aromatic rings. The zero-order chi connectivity index (χ0) is 29.0. The number of aliphatic hydroxyl groups is 1. The van der Waals surface area contributed by atoms with Gasteiger partial charge in [-0.15, -0.1) is 0 Å². The first-order valence-corrected chi connectivity index (χ1v) is 14.7. The predicted octanol–water partition coefficient (Wildman–Crippen LogP) is 6.30. The first-order valence-electron chi connectivity index (χ1n) is 13.3. The number of benzene rings is 1. The van der Waals surface area contributed by atoms with E-state index in [1.807, 2.05) is 26.0 Å². The molecule has 3 rings (SSSR count). The monoisotopic (exact) mass is 553 g/mol. The van der Waals surface area contributed by atoms with Gasteiger partial charge in [0.15, 0.2) is 5.03 Å². The van der Waals surface area contributed by atoms with Gasteiger partial charge in [-0.3, -0.25) is 4.72 Å². The minimum atomic E-state index is -3.94. The first kappa shape index (κ1) is 30.2. The van der Waals surface area contributed by atoms with Crippen molar-refractivity contribution in [3.8, 4) is 6.07 Å². The second-order valence-electron chi connectivity index (χ2n) is 12.2. The molecule has 0 spiro atoms. The number of cyclic esters (lactones) is 1. The number of nitrogens with zero attached hydrogens (tertiary/aromatic N) is 2. The Balaban J connectivity index is 1.76. The molecule has 0 atom stereocenters. The quantitative estimate of drug-likeness (QED) is 0.312. The molecule has 1 aromatic carbocycles. The summed E-state index contributed by atoms with van der Waals surface area (Å²) in [5.41, 5.74) is 0.711. The summed E-state index contributed by atoms with van der Waals surface area (Å²) in [6, 6.07) is 11.6. The molecule has 1 aliphatic heterocycles.